The van der Waals surface area contributed by atoms with Gasteiger partial charge in [0.2, 0.25) is 5.82 Å². The number of hydrogen-bond acceptors (Lipinski definition) is 8. The van der Waals surface area contributed by atoms with Crippen molar-refractivity contribution in [1.82, 2.24) is 25.5 Å². The summed E-state index contributed by atoms with van der Waals surface area (Å²) in [6.45, 7) is 1.15. The average molecular weight is 455 g/mol. The third kappa shape index (κ3) is 5.36. The standard InChI is InChI=1S/C13H14F3N7O.C2HF3O2/c14-13(15,16)12(19-20-12)6-8-2-1-5-23(8)7-9-3-4-10(24-9)11-17-21-22-18-11;3-2(4,5)1(6)7/h3-4,8H,1-2,5-7H2,(H,17,18,21,22);(H,6,7). The van der Waals surface area contributed by atoms with E-state index in [9.17, 15) is 26.3 Å². The number of hydrogen-bond donors (Lipinski definition) is 2. The van der Waals surface area contributed by atoms with Crippen molar-refractivity contribution in [3.05, 3.63) is 17.9 Å². The Hall–Kier alpha value is -3.04. The molecule has 2 aromatic heterocycles. The molecule has 0 radical (unpaired) electrons. The van der Waals surface area contributed by atoms with E-state index in [0.29, 0.717) is 30.3 Å². The Morgan fingerprint density at radius 2 is 1.94 bits per heavy atom. The quantitative estimate of drug-likeness (QED) is 0.662. The van der Waals surface area contributed by atoms with Gasteiger partial charge < -0.3 is 9.52 Å². The van der Waals surface area contributed by atoms with E-state index in [-0.39, 0.29) is 12.5 Å². The molecule has 2 aromatic rings. The van der Waals surface area contributed by atoms with Crippen LogP contribution in [0.5, 0.6) is 0 Å². The SMILES string of the molecule is FC(F)(F)C1(CC2CCCN2Cc2ccc(-c3nn[nH]n3)o2)N=N1.O=C(O)C(F)(F)F. The summed E-state index contributed by atoms with van der Waals surface area (Å²) in [7, 11) is 0. The molecule has 0 aliphatic carbocycles. The minimum atomic E-state index is -5.08. The number of carbonyl (C=O) groups is 1. The first-order chi connectivity index (χ1) is 14.4. The lowest BCUT2D eigenvalue weighted by Gasteiger charge is -2.26. The lowest BCUT2D eigenvalue weighted by atomic mass is 10.0. The molecule has 2 aliphatic heterocycles. The largest absolute Gasteiger partial charge is 0.490 e. The molecule has 4 rings (SSSR count). The Labute approximate surface area is 169 Å². The van der Waals surface area contributed by atoms with E-state index >= 15 is 0 Å². The second-order valence-electron chi connectivity index (χ2n) is 6.79. The number of likely N-dealkylation sites (tertiary alicyclic amines) is 1. The van der Waals surface area contributed by atoms with Crippen LogP contribution >= 0.6 is 0 Å². The van der Waals surface area contributed by atoms with E-state index in [0.717, 1.165) is 13.0 Å². The van der Waals surface area contributed by atoms with Crippen molar-refractivity contribution in [3.8, 4) is 11.6 Å². The van der Waals surface area contributed by atoms with E-state index < -0.39 is 24.0 Å². The predicted octanol–water partition coefficient (Wildman–Crippen LogP) is 3.17. The van der Waals surface area contributed by atoms with E-state index in [1.54, 1.807) is 12.1 Å². The third-order valence-corrected chi connectivity index (χ3v) is 4.64. The van der Waals surface area contributed by atoms with Crippen LogP contribution < -0.4 is 0 Å². The number of H-pyrrole nitrogens is 1. The maximum absolute atomic E-state index is 13.0. The minimum Gasteiger partial charge on any atom is -0.475 e. The van der Waals surface area contributed by atoms with Crippen molar-refractivity contribution in [1.29, 1.82) is 0 Å². The molecule has 10 nitrogen and oxygen atoms in total. The highest BCUT2D eigenvalue weighted by Gasteiger charge is 2.64. The number of carboxylic acids is 1. The van der Waals surface area contributed by atoms with E-state index in [1.807, 2.05) is 4.90 Å². The number of aromatic nitrogens is 4. The predicted molar refractivity (Wildman–Crippen MR) is 87.3 cm³/mol. The fourth-order valence-corrected chi connectivity index (χ4v) is 3.08. The molecule has 0 saturated carbocycles. The number of nitrogens with one attached hydrogen (secondary N) is 1. The zero-order valence-corrected chi connectivity index (χ0v) is 15.5. The van der Waals surface area contributed by atoms with Crippen LogP contribution in [0.3, 0.4) is 0 Å². The summed E-state index contributed by atoms with van der Waals surface area (Å²) in [6.07, 6.45) is -8.09. The molecule has 2 aliphatic rings. The Kier molecular flexibility index (Phi) is 6.02. The van der Waals surface area contributed by atoms with Gasteiger partial charge in [0.25, 0.3) is 5.66 Å². The van der Waals surface area contributed by atoms with E-state index in [2.05, 4.69) is 30.9 Å². The van der Waals surface area contributed by atoms with E-state index in [4.69, 9.17) is 14.3 Å². The van der Waals surface area contributed by atoms with Crippen molar-refractivity contribution in [2.24, 2.45) is 10.2 Å². The first-order valence-corrected chi connectivity index (χ1v) is 8.79. The minimum absolute atomic E-state index is 0.130. The van der Waals surface area contributed by atoms with Gasteiger partial charge in [-0.25, -0.2) is 4.79 Å². The summed E-state index contributed by atoms with van der Waals surface area (Å²) in [4.78, 5) is 10.9. The van der Waals surface area contributed by atoms with Gasteiger partial charge in [0.15, 0.2) is 5.76 Å². The molecule has 1 atom stereocenters. The number of carboxylic acid groups (broad SMARTS) is 1. The van der Waals surface area contributed by atoms with E-state index in [1.165, 1.54) is 0 Å². The average Bonchev–Trinajstić information content (AvgIpc) is 3.07. The Morgan fingerprint density at radius 3 is 2.45 bits per heavy atom. The lowest BCUT2D eigenvalue weighted by Crippen LogP contribution is -2.40. The zero-order chi connectivity index (χ0) is 22.9. The molecule has 16 heteroatoms. The molecule has 31 heavy (non-hydrogen) atoms. The van der Waals surface area contributed by atoms with Gasteiger partial charge in [-0.05, 0) is 36.7 Å². The van der Waals surface area contributed by atoms with Gasteiger partial charge in [0, 0.05) is 12.5 Å². The number of rotatable bonds is 5. The third-order valence-electron chi connectivity index (χ3n) is 4.64. The molecular weight excluding hydrogens is 440 g/mol. The maximum Gasteiger partial charge on any atom is 0.490 e. The highest BCUT2D eigenvalue weighted by atomic mass is 19.4. The number of aliphatic carboxylic acids is 1. The van der Waals surface area contributed by atoms with Crippen molar-refractivity contribution in [2.45, 2.75) is 49.9 Å². The number of halogens is 6. The molecule has 0 aromatic carbocycles. The molecule has 0 spiro atoms. The van der Waals surface area contributed by atoms with Gasteiger partial charge >= 0.3 is 18.3 Å². The molecule has 0 bridgehead atoms. The van der Waals surface area contributed by atoms with Gasteiger partial charge in [0.05, 0.1) is 6.54 Å². The van der Waals surface area contributed by atoms with Gasteiger partial charge in [-0.15, -0.1) is 20.4 Å². The lowest BCUT2D eigenvalue weighted by molar-refractivity contribution is -0.192. The van der Waals surface area contributed by atoms with Crippen molar-refractivity contribution >= 4 is 5.97 Å². The smallest absolute Gasteiger partial charge is 0.475 e. The fraction of sp³-hybridized carbons (Fsp3) is 0.600. The Balaban J connectivity index is 0.000000339. The van der Waals surface area contributed by atoms with Gasteiger partial charge in [0.1, 0.15) is 5.76 Å². The number of tetrazole rings is 1. The maximum atomic E-state index is 13.0. The summed E-state index contributed by atoms with van der Waals surface area (Å²) in [6, 6.07) is 3.26. The molecule has 0 amide bonds. The van der Waals surface area contributed by atoms with Crippen LogP contribution in [0.1, 0.15) is 25.0 Å². The first kappa shape index (κ1) is 22.6. The topological polar surface area (TPSA) is 133 Å². The Morgan fingerprint density at radius 1 is 1.26 bits per heavy atom. The zero-order valence-electron chi connectivity index (χ0n) is 15.5. The normalized spacial score (nSPS) is 20.4. The van der Waals surface area contributed by atoms with Crippen LogP contribution in [0.2, 0.25) is 0 Å². The second-order valence-corrected chi connectivity index (χ2v) is 6.79. The monoisotopic (exact) mass is 455 g/mol. The molecule has 1 saturated heterocycles. The van der Waals surface area contributed by atoms with Crippen LogP contribution in [0.4, 0.5) is 26.3 Å². The number of aromatic amines is 1. The highest BCUT2D eigenvalue weighted by Crippen LogP contribution is 2.49. The summed E-state index contributed by atoms with van der Waals surface area (Å²) in [5, 5.41) is 27.1. The van der Waals surface area contributed by atoms with Crippen LogP contribution in [0.15, 0.2) is 26.8 Å². The number of alkyl halides is 6. The van der Waals surface area contributed by atoms with Crippen LogP contribution in [0.25, 0.3) is 11.6 Å². The van der Waals surface area contributed by atoms with Crippen molar-refractivity contribution in [3.63, 3.8) is 0 Å². The number of furan rings is 1. The molecule has 4 heterocycles. The molecule has 1 fully saturated rings. The van der Waals surface area contributed by atoms with Crippen LogP contribution in [-0.4, -0.2) is 67.2 Å². The molecule has 170 valence electrons. The van der Waals surface area contributed by atoms with Crippen molar-refractivity contribution in [2.75, 3.05) is 6.54 Å². The Bertz CT molecular complexity index is 918. The molecule has 1 unspecified atom stereocenters. The second kappa shape index (κ2) is 8.24. The first-order valence-electron chi connectivity index (χ1n) is 8.79. The fourth-order valence-electron chi connectivity index (χ4n) is 3.08. The van der Waals surface area contributed by atoms with Gasteiger partial charge in [-0.2, -0.15) is 31.6 Å². The molecular formula is C15H15F6N7O3. The summed E-state index contributed by atoms with van der Waals surface area (Å²) >= 11 is 0. The number of nitrogens with zero attached hydrogens (tertiary/aromatic N) is 6. The highest BCUT2D eigenvalue weighted by molar-refractivity contribution is 5.73. The summed E-state index contributed by atoms with van der Waals surface area (Å²) in [5.74, 6) is -1.31. The summed E-state index contributed by atoms with van der Waals surface area (Å²) < 4.78 is 76.4. The van der Waals surface area contributed by atoms with Gasteiger partial charge in [-0.1, -0.05) is 0 Å². The van der Waals surface area contributed by atoms with Crippen LogP contribution in [-0.2, 0) is 11.3 Å². The van der Waals surface area contributed by atoms with Gasteiger partial charge in [-0.3, -0.25) is 4.90 Å². The van der Waals surface area contributed by atoms with Crippen molar-refractivity contribution < 1.29 is 40.7 Å². The molecule has 2 N–H and O–H groups in total. The van der Waals surface area contributed by atoms with Crippen LogP contribution in [0, 0.1) is 0 Å². The summed E-state index contributed by atoms with van der Waals surface area (Å²) in [5.41, 5.74) is -2.20.